The highest BCUT2D eigenvalue weighted by molar-refractivity contribution is 5.37. The van der Waals surface area contributed by atoms with Crippen LogP contribution in [0, 0.1) is 12.8 Å². The largest absolute Gasteiger partial charge is 0.490 e. The molecule has 1 fully saturated rings. The number of ether oxygens (including phenoxy) is 1. The van der Waals surface area contributed by atoms with Crippen molar-refractivity contribution >= 4 is 0 Å². The molecule has 0 radical (unpaired) electrons. The van der Waals surface area contributed by atoms with E-state index in [1.54, 1.807) is 0 Å². The van der Waals surface area contributed by atoms with Gasteiger partial charge in [0.05, 0.1) is 6.10 Å². The minimum absolute atomic E-state index is 0.416. The molecule has 0 amide bonds. The Labute approximate surface area is 117 Å². The van der Waals surface area contributed by atoms with Crippen molar-refractivity contribution in [3.8, 4) is 5.75 Å². The SMILES string of the molecule is CCNCc1cc(C)ccc1OC1CCC(C)CC1. The van der Waals surface area contributed by atoms with E-state index in [9.17, 15) is 0 Å². The normalized spacial score (nSPS) is 23.3. The smallest absolute Gasteiger partial charge is 0.124 e. The van der Waals surface area contributed by atoms with E-state index in [1.165, 1.54) is 36.8 Å². The summed E-state index contributed by atoms with van der Waals surface area (Å²) < 4.78 is 6.25. The molecular formula is C17H27NO. The van der Waals surface area contributed by atoms with Crippen molar-refractivity contribution in [2.75, 3.05) is 6.54 Å². The van der Waals surface area contributed by atoms with Crippen LogP contribution in [-0.4, -0.2) is 12.6 Å². The fraction of sp³-hybridized carbons (Fsp3) is 0.647. The van der Waals surface area contributed by atoms with Gasteiger partial charge in [-0.1, -0.05) is 31.5 Å². The summed E-state index contributed by atoms with van der Waals surface area (Å²) in [5, 5.41) is 3.40. The van der Waals surface area contributed by atoms with Crippen LogP contribution in [0.4, 0.5) is 0 Å². The van der Waals surface area contributed by atoms with Gasteiger partial charge in [-0.05, 0) is 51.1 Å². The Morgan fingerprint density at radius 2 is 1.95 bits per heavy atom. The maximum absolute atomic E-state index is 6.25. The van der Waals surface area contributed by atoms with E-state index in [1.807, 2.05) is 0 Å². The van der Waals surface area contributed by atoms with Crippen LogP contribution < -0.4 is 10.1 Å². The van der Waals surface area contributed by atoms with E-state index >= 15 is 0 Å². The molecule has 2 heteroatoms. The summed E-state index contributed by atoms with van der Waals surface area (Å²) >= 11 is 0. The predicted octanol–water partition coefficient (Wildman–Crippen LogP) is 4.06. The number of aryl methyl sites for hydroxylation is 1. The molecule has 0 heterocycles. The van der Waals surface area contributed by atoms with Crippen molar-refractivity contribution < 1.29 is 4.74 Å². The van der Waals surface area contributed by atoms with Crippen molar-refractivity contribution in [2.24, 2.45) is 5.92 Å². The van der Waals surface area contributed by atoms with Gasteiger partial charge in [0.15, 0.2) is 0 Å². The molecular weight excluding hydrogens is 234 g/mol. The first-order valence-corrected chi connectivity index (χ1v) is 7.66. The molecule has 0 atom stereocenters. The molecule has 1 aliphatic carbocycles. The highest BCUT2D eigenvalue weighted by atomic mass is 16.5. The second-order valence-corrected chi connectivity index (χ2v) is 5.89. The lowest BCUT2D eigenvalue weighted by Gasteiger charge is -2.27. The highest BCUT2D eigenvalue weighted by Crippen LogP contribution is 2.29. The third kappa shape index (κ3) is 4.24. The first kappa shape index (κ1) is 14.4. The molecule has 1 aromatic rings. The zero-order valence-electron chi connectivity index (χ0n) is 12.5. The molecule has 1 aliphatic rings. The van der Waals surface area contributed by atoms with Gasteiger partial charge < -0.3 is 10.1 Å². The Hall–Kier alpha value is -1.02. The first-order chi connectivity index (χ1) is 9.19. The van der Waals surface area contributed by atoms with Crippen molar-refractivity contribution in [3.63, 3.8) is 0 Å². The van der Waals surface area contributed by atoms with E-state index in [0.29, 0.717) is 6.10 Å². The first-order valence-electron chi connectivity index (χ1n) is 7.66. The summed E-state index contributed by atoms with van der Waals surface area (Å²) in [5.41, 5.74) is 2.60. The number of benzene rings is 1. The summed E-state index contributed by atoms with van der Waals surface area (Å²) in [4.78, 5) is 0. The molecule has 0 unspecified atom stereocenters. The third-order valence-corrected chi connectivity index (χ3v) is 4.04. The molecule has 0 aromatic heterocycles. The average Bonchev–Trinajstić information content (AvgIpc) is 2.41. The van der Waals surface area contributed by atoms with Crippen LogP contribution in [0.2, 0.25) is 0 Å². The van der Waals surface area contributed by atoms with Gasteiger partial charge in [-0.3, -0.25) is 0 Å². The van der Waals surface area contributed by atoms with Crippen molar-refractivity contribution in [1.82, 2.24) is 5.32 Å². The van der Waals surface area contributed by atoms with Gasteiger partial charge >= 0.3 is 0 Å². The van der Waals surface area contributed by atoms with Crippen molar-refractivity contribution in [1.29, 1.82) is 0 Å². The average molecular weight is 261 g/mol. The van der Waals surface area contributed by atoms with Gasteiger partial charge in [-0.2, -0.15) is 0 Å². The number of hydrogen-bond donors (Lipinski definition) is 1. The molecule has 1 saturated carbocycles. The van der Waals surface area contributed by atoms with Gasteiger partial charge in [-0.25, -0.2) is 0 Å². The van der Waals surface area contributed by atoms with Crippen LogP contribution in [0.25, 0.3) is 0 Å². The number of rotatable bonds is 5. The van der Waals surface area contributed by atoms with Gasteiger partial charge in [0.1, 0.15) is 5.75 Å². The van der Waals surface area contributed by atoms with E-state index in [4.69, 9.17) is 4.74 Å². The minimum Gasteiger partial charge on any atom is -0.490 e. The lowest BCUT2D eigenvalue weighted by atomic mass is 9.89. The lowest BCUT2D eigenvalue weighted by Crippen LogP contribution is -2.24. The number of nitrogens with one attached hydrogen (secondary N) is 1. The van der Waals surface area contributed by atoms with Gasteiger partial charge in [0, 0.05) is 12.1 Å². The standard InChI is InChI=1S/C17H27NO/c1-4-18-12-15-11-14(3)7-10-17(15)19-16-8-5-13(2)6-9-16/h7,10-11,13,16,18H,4-6,8-9,12H2,1-3H3. The Balaban J connectivity index is 2.02. The quantitative estimate of drug-likeness (QED) is 0.863. The monoisotopic (exact) mass is 261 g/mol. The Bertz CT molecular complexity index is 394. The van der Waals surface area contributed by atoms with Crippen molar-refractivity contribution in [3.05, 3.63) is 29.3 Å². The van der Waals surface area contributed by atoms with Crippen LogP contribution >= 0.6 is 0 Å². The van der Waals surface area contributed by atoms with Gasteiger partial charge in [-0.15, -0.1) is 0 Å². The third-order valence-electron chi connectivity index (χ3n) is 4.04. The van der Waals surface area contributed by atoms with Crippen LogP contribution in [0.5, 0.6) is 5.75 Å². The molecule has 2 nitrogen and oxygen atoms in total. The topological polar surface area (TPSA) is 21.3 Å². The molecule has 106 valence electrons. The molecule has 0 spiro atoms. The van der Waals surface area contributed by atoms with Crippen LogP contribution in [-0.2, 0) is 6.54 Å². The zero-order chi connectivity index (χ0) is 13.7. The predicted molar refractivity (Wildman–Crippen MR) is 80.6 cm³/mol. The van der Waals surface area contributed by atoms with E-state index in [2.05, 4.69) is 44.3 Å². The second-order valence-electron chi connectivity index (χ2n) is 5.89. The molecule has 19 heavy (non-hydrogen) atoms. The zero-order valence-corrected chi connectivity index (χ0v) is 12.5. The molecule has 1 N–H and O–H groups in total. The summed E-state index contributed by atoms with van der Waals surface area (Å²) in [7, 11) is 0. The van der Waals surface area contributed by atoms with E-state index < -0.39 is 0 Å². The summed E-state index contributed by atoms with van der Waals surface area (Å²) in [6.07, 6.45) is 5.43. The Kier molecular flexibility index (Phi) is 5.26. The lowest BCUT2D eigenvalue weighted by molar-refractivity contribution is 0.134. The molecule has 1 aromatic carbocycles. The van der Waals surface area contributed by atoms with Gasteiger partial charge in [0.25, 0.3) is 0 Å². The Morgan fingerprint density at radius 3 is 2.63 bits per heavy atom. The minimum atomic E-state index is 0.416. The van der Waals surface area contributed by atoms with E-state index in [-0.39, 0.29) is 0 Å². The Morgan fingerprint density at radius 1 is 1.21 bits per heavy atom. The fourth-order valence-electron chi connectivity index (χ4n) is 2.75. The van der Waals surface area contributed by atoms with Crippen molar-refractivity contribution in [2.45, 2.75) is 59.1 Å². The summed E-state index contributed by atoms with van der Waals surface area (Å²) in [6.45, 7) is 8.52. The van der Waals surface area contributed by atoms with Crippen LogP contribution in [0.1, 0.15) is 50.7 Å². The maximum Gasteiger partial charge on any atom is 0.124 e. The molecule has 0 saturated heterocycles. The van der Waals surface area contributed by atoms with Gasteiger partial charge in [0.2, 0.25) is 0 Å². The maximum atomic E-state index is 6.25. The number of hydrogen-bond acceptors (Lipinski definition) is 2. The fourth-order valence-corrected chi connectivity index (χ4v) is 2.75. The summed E-state index contributed by atoms with van der Waals surface area (Å²) in [5.74, 6) is 1.95. The second kappa shape index (κ2) is 6.95. The highest BCUT2D eigenvalue weighted by Gasteiger charge is 2.20. The molecule has 2 rings (SSSR count). The van der Waals surface area contributed by atoms with Crippen LogP contribution in [0.3, 0.4) is 0 Å². The molecule has 0 aliphatic heterocycles. The molecule has 0 bridgehead atoms. The summed E-state index contributed by atoms with van der Waals surface area (Å²) in [6, 6.07) is 6.53. The van der Waals surface area contributed by atoms with Crippen LogP contribution in [0.15, 0.2) is 18.2 Å². The van der Waals surface area contributed by atoms with E-state index in [0.717, 1.165) is 24.8 Å².